The first-order chi connectivity index (χ1) is 10.7. The van der Waals surface area contributed by atoms with E-state index >= 15 is 0 Å². The van der Waals surface area contributed by atoms with Crippen molar-refractivity contribution in [1.29, 1.82) is 0 Å². The largest absolute Gasteiger partial charge is 0.673 e. The Balaban J connectivity index is 0.000000841. The topological polar surface area (TPSA) is 32.8 Å². The van der Waals surface area contributed by atoms with Crippen molar-refractivity contribution in [3.05, 3.63) is 25.1 Å². The molecule has 1 atom stereocenters. The van der Waals surface area contributed by atoms with E-state index in [0.717, 1.165) is 32.5 Å². The molecule has 1 heterocycles. The van der Waals surface area contributed by atoms with Crippen LogP contribution in [0.4, 0.5) is 17.3 Å². The summed E-state index contributed by atoms with van der Waals surface area (Å²) >= 11 is 0. The molecule has 0 saturated carbocycles. The zero-order valence-corrected chi connectivity index (χ0v) is 13.6. The van der Waals surface area contributed by atoms with Crippen molar-refractivity contribution in [1.82, 2.24) is 9.80 Å². The van der Waals surface area contributed by atoms with Gasteiger partial charge in [0, 0.05) is 31.4 Å². The number of hydrogen-bond donors (Lipinski definition) is 0. The molecule has 1 rings (SSSR count). The van der Waals surface area contributed by atoms with Crippen LogP contribution >= 0.6 is 0 Å². The first kappa shape index (κ1) is 21.3. The van der Waals surface area contributed by atoms with Crippen molar-refractivity contribution >= 4 is 13.2 Å². The Hall–Kier alpha value is -1.67. The number of esters is 1. The summed E-state index contributed by atoms with van der Waals surface area (Å²) in [6.45, 7) is 9.47. The molecule has 1 unspecified atom stereocenters. The Bertz CT molecular complexity index is 385. The monoisotopic (exact) mass is 339 g/mol. The summed E-state index contributed by atoms with van der Waals surface area (Å²) in [5.41, 5.74) is 0. The lowest BCUT2D eigenvalue weighted by Crippen LogP contribution is -2.37. The molecule has 0 aliphatic carbocycles. The van der Waals surface area contributed by atoms with E-state index in [1.807, 2.05) is 12.4 Å². The van der Waals surface area contributed by atoms with E-state index in [4.69, 9.17) is 4.74 Å². The number of rotatable bonds is 8. The molecule has 0 bridgehead atoms. The van der Waals surface area contributed by atoms with Crippen molar-refractivity contribution in [3.63, 3.8) is 0 Å². The number of ether oxygens (including phenoxy) is 1. The molecular weight excluding hydrogens is 315 g/mol. The number of hydrogen-bond acceptors (Lipinski definition) is 4. The average Bonchev–Trinajstić information content (AvgIpc) is 2.93. The van der Waals surface area contributed by atoms with Crippen LogP contribution in [0.1, 0.15) is 39.5 Å². The van der Waals surface area contributed by atoms with E-state index in [2.05, 4.69) is 30.2 Å². The van der Waals surface area contributed by atoms with Crippen LogP contribution in [0.25, 0.3) is 0 Å². The van der Waals surface area contributed by atoms with Crippen molar-refractivity contribution in [2.45, 2.75) is 45.8 Å². The molecule has 0 fully saturated rings. The predicted molar refractivity (Wildman–Crippen MR) is 82.6 cm³/mol. The Labute approximate surface area is 134 Å². The highest BCUT2D eigenvalue weighted by Gasteiger charge is 2.22. The first-order valence-corrected chi connectivity index (χ1v) is 7.59. The van der Waals surface area contributed by atoms with Crippen LogP contribution in [-0.2, 0) is 9.53 Å². The van der Waals surface area contributed by atoms with Crippen molar-refractivity contribution in [2.75, 3.05) is 13.2 Å². The molecular formula is C14H24BF4N2O2-. The van der Waals surface area contributed by atoms with Gasteiger partial charge in [-0.1, -0.05) is 26.3 Å². The maximum Gasteiger partial charge on any atom is 0.673 e. The van der Waals surface area contributed by atoms with Crippen molar-refractivity contribution in [2.24, 2.45) is 0 Å². The molecule has 0 aromatic rings. The molecule has 0 saturated heterocycles. The van der Waals surface area contributed by atoms with Gasteiger partial charge >= 0.3 is 13.2 Å². The smallest absolute Gasteiger partial charge is 0.438 e. The third-order valence-electron chi connectivity index (χ3n) is 3.06. The van der Waals surface area contributed by atoms with Gasteiger partial charge < -0.3 is 31.8 Å². The van der Waals surface area contributed by atoms with Gasteiger partial charge in [-0.25, -0.2) is 4.79 Å². The minimum absolute atomic E-state index is 0.171. The van der Waals surface area contributed by atoms with E-state index in [9.17, 15) is 22.1 Å². The molecule has 4 nitrogen and oxygen atoms in total. The lowest BCUT2D eigenvalue weighted by Gasteiger charge is -2.28. The fraction of sp³-hybridized carbons (Fsp3) is 0.643. The van der Waals surface area contributed by atoms with Gasteiger partial charge in [-0.2, -0.15) is 0 Å². The lowest BCUT2D eigenvalue weighted by atomic mass is 10.2. The summed E-state index contributed by atoms with van der Waals surface area (Å²) in [5, 5.41) is 0. The van der Waals surface area contributed by atoms with E-state index in [1.54, 1.807) is 0 Å². The van der Waals surface area contributed by atoms with Gasteiger partial charge in [-0.05, 0) is 13.3 Å². The van der Waals surface area contributed by atoms with Crippen LogP contribution in [0.3, 0.4) is 0 Å². The van der Waals surface area contributed by atoms with E-state index in [-0.39, 0.29) is 12.2 Å². The van der Waals surface area contributed by atoms with Crippen LogP contribution in [0, 0.1) is 0 Å². The Morgan fingerprint density at radius 3 is 2.35 bits per heavy atom. The van der Waals surface area contributed by atoms with Crippen LogP contribution in [0.15, 0.2) is 25.1 Å². The van der Waals surface area contributed by atoms with Crippen LogP contribution < -0.4 is 0 Å². The number of unbranched alkanes of at least 4 members (excludes halogenated alkanes) is 2. The summed E-state index contributed by atoms with van der Waals surface area (Å²) < 4.78 is 44.4. The summed E-state index contributed by atoms with van der Waals surface area (Å²) in [6, 6.07) is 0. The first-order valence-electron chi connectivity index (χ1n) is 7.59. The molecule has 9 heteroatoms. The third kappa shape index (κ3) is 11.5. The van der Waals surface area contributed by atoms with Crippen LogP contribution in [-0.4, -0.2) is 42.5 Å². The normalized spacial score (nSPS) is 15.0. The Morgan fingerprint density at radius 2 is 1.91 bits per heavy atom. The highest BCUT2D eigenvalue weighted by atomic mass is 19.5. The van der Waals surface area contributed by atoms with Crippen LogP contribution in [0.5, 0.6) is 0 Å². The standard InChI is InChI=1S/C14H24N2O2.BF4/c1-4-7-8-9-13(18-14(17)5-2)16-11-10-15(6-3)12-16;2-1(3,4)5/h5,10-11,13H,2,4,6-9,12H2,1,3H3;/q;-1. The summed E-state index contributed by atoms with van der Waals surface area (Å²) in [7, 11) is -6.00. The number of carbonyl (C=O) groups excluding carboxylic acids is 1. The quantitative estimate of drug-likeness (QED) is 0.220. The Morgan fingerprint density at radius 1 is 1.30 bits per heavy atom. The maximum absolute atomic E-state index is 11.4. The fourth-order valence-electron chi connectivity index (χ4n) is 1.92. The molecule has 23 heavy (non-hydrogen) atoms. The lowest BCUT2D eigenvalue weighted by molar-refractivity contribution is -0.151. The molecule has 1 aliphatic heterocycles. The molecule has 0 radical (unpaired) electrons. The summed E-state index contributed by atoms with van der Waals surface area (Å²) in [5.74, 6) is -0.347. The van der Waals surface area contributed by atoms with Gasteiger partial charge in [0.25, 0.3) is 0 Å². The summed E-state index contributed by atoms with van der Waals surface area (Å²) in [4.78, 5) is 15.6. The second-order valence-electron chi connectivity index (χ2n) is 4.95. The van der Waals surface area contributed by atoms with Crippen molar-refractivity contribution in [3.8, 4) is 0 Å². The van der Waals surface area contributed by atoms with Crippen LogP contribution in [0.2, 0.25) is 0 Å². The predicted octanol–water partition coefficient (Wildman–Crippen LogP) is 3.99. The maximum atomic E-state index is 11.4. The molecule has 1 aliphatic rings. The van der Waals surface area contributed by atoms with Gasteiger partial charge in [0.15, 0.2) is 6.23 Å². The average molecular weight is 339 g/mol. The SMILES string of the molecule is C=CC(=O)OC(CCCCC)N1C=CN(CC)C1.F[B-](F)(F)F. The second kappa shape index (κ2) is 11.0. The third-order valence-corrected chi connectivity index (χ3v) is 3.06. The molecule has 0 aromatic carbocycles. The van der Waals surface area contributed by atoms with E-state index in [0.29, 0.717) is 0 Å². The molecule has 0 N–H and O–H groups in total. The Kier molecular flexibility index (Phi) is 10.2. The van der Waals surface area contributed by atoms with Gasteiger partial charge in [0.1, 0.15) is 0 Å². The molecule has 0 amide bonds. The van der Waals surface area contributed by atoms with Crippen molar-refractivity contribution < 1.29 is 26.8 Å². The number of carbonyl (C=O) groups is 1. The molecule has 134 valence electrons. The highest BCUT2D eigenvalue weighted by Crippen LogP contribution is 2.17. The van der Waals surface area contributed by atoms with E-state index in [1.165, 1.54) is 12.5 Å². The highest BCUT2D eigenvalue weighted by molar-refractivity contribution is 6.50. The minimum Gasteiger partial charge on any atom is -0.438 e. The van der Waals surface area contributed by atoms with Gasteiger partial charge in [0.05, 0.1) is 6.67 Å². The minimum atomic E-state index is -6.00. The number of nitrogens with zero attached hydrogens (tertiary/aromatic N) is 2. The number of halogens is 4. The van der Waals surface area contributed by atoms with Gasteiger partial charge in [-0.3, -0.25) is 0 Å². The van der Waals surface area contributed by atoms with Gasteiger partial charge in [0.2, 0.25) is 0 Å². The molecule has 0 aromatic heterocycles. The summed E-state index contributed by atoms with van der Waals surface area (Å²) in [6.07, 6.45) is 9.36. The van der Waals surface area contributed by atoms with Gasteiger partial charge in [-0.15, -0.1) is 0 Å². The van der Waals surface area contributed by atoms with E-state index < -0.39 is 7.25 Å². The molecule has 0 spiro atoms. The zero-order valence-electron chi connectivity index (χ0n) is 13.6. The fourth-order valence-corrected chi connectivity index (χ4v) is 1.92. The second-order valence-corrected chi connectivity index (χ2v) is 4.95. The zero-order chi connectivity index (χ0) is 17.9.